The second-order valence-electron chi connectivity index (χ2n) is 4.38. The van der Waals surface area contributed by atoms with E-state index in [2.05, 4.69) is 10.6 Å². The Balaban J connectivity index is 2.60. The lowest BCUT2D eigenvalue weighted by Crippen LogP contribution is -2.42. The summed E-state index contributed by atoms with van der Waals surface area (Å²) < 4.78 is 37.1. The van der Waals surface area contributed by atoms with E-state index in [-0.39, 0.29) is 12.5 Å². The minimum absolute atomic E-state index is 0.0694. The molecule has 2 atom stereocenters. The number of hydrogen-bond acceptors (Lipinski definition) is 3. The van der Waals surface area contributed by atoms with Crippen molar-refractivity contribution in [1.82, 2.24) is 10.6 Å². The molecule has 1 rings (SSSR count). The largest absolute Gasteiger partial charge is 0.416 e. The highest BCUT2D eigenvalue weighted by Crippen LogP contribution is 2.29. The van der Waals surface area contributed by atoms with E-state index in [0.29, 0.717) is 5.56 Å². The summed E-state index contributed by atoms with van der Waals surface area (Å²) in [6, 6.07) is 3.78. The van der Waals surface area contributed by atoms with E-state index in [1.54, 1.807) is 6.92 Å². The number of aliphatic hydroxyl groups excluding tert-OH is 1. The Morgan fingerprint density at radius 3 is 2.30 bits per heavy atom. The number of amides is 1. The van der Waals surface area contributed by atoms with Gasteiger partial charge in [0, 0.05) is 13.6 Å². The molecule has 20 heavy (non-hydrogen) atoms. The zero-order chi connectivity index (χ0) is 15.3. The Hall–Kier alpha value is -1.60. The summed E-state index contributed by atoms with van der Waals surface area (Å²) in [4.78, 5) is 11.2. The van der Waals surface area contributed by atoms with E-state index in [4.69, 9.17) is 0 Å². The summed E-state index contributed by atoms with van der Waals surface area (Å²) in [5.74, 6) is -0.232. The first-order valence-electron chi connectivity index (χ1n) is 6.06. The highest BCUT2D eigenvalue weighted by Gasteiger charge is 2.30. The number of carbonyl (C=O) groups excluding carboxylic acids is 1. The van der Waals surface area contributed by atoms with Crippen molar-refractivity contribution in [2.45, 2.75) is 25.2 Å². The van der Waals surface area contributed by atoms with Gasteiger partial charge in [-0.3, -0.25) is 4.79 Å². The Morgan fingerprint density at radius 2 is 1.85 bits per heavy atom. The van der Waals surface area contributed by atoms with Crippen molar-refractivity contribution in [1.29, 1.82) is 0 Å². The lowest BCUT2D eigenvalue weighted by atomic mass is 10.1. The predicted octanol–water partition coefficient (Wildman–Crippen LogP) is 1.46. The molecule has 0 aliphatic heterocycles. The molecular formula is C13H17F3N2O2. The fourth-order valence-electron chi connectivity index (χ4n) is 1.61. The Labute approximate surface area is 115 Å². The molecule has 0 saturated heterocycles. The van der Waals surface area contributed by atoms with Gasteiger partial charge in [-0.05, 0) is 24.6 Å². The minimum atomic E-state index is -4.39. The van der Waals surface area contributed by atoms with Gasteiger partial charge in [0.15, 0.2) is 0 Å². The topological polar surface area (TPSA) is 61.4 Å². The van der Waals surface area contributed by atoms with Gasteiger partial charge in [-0.1, -0.05) is 12.1 Å². The van der Waals surface area contributed by atoms with E-state index in [1.807, 2.05) is 0 Å². The number of aliphatic hydroxyl groups is 1. The van der Waals surface area contributed by atoms with Gasteiger partial charge in [0.2, 0.25) is 5.91 Å². The number of halogens is 3. The zero-order valence-corrected chi connectivity index (χ0v) is 11.2. The van der Waals surface area contributed by atoms with Crippen LogP contribution in [0.1, 0.15) is 24.2 Å². The van der Waals surface area contributed by atoms with Crippen LogP contribution in [0.5, 0.6) is 0 Å². The molecule has 1 aromatic carbocycles. The molecule has 7 heteroatoms. The molecular weight excluding hydrogens is 273 g/mol. The molecule has 1 aromatic rings. The monoisotopic (exact) mass is 290 g/mol. The Bertz CT molecular complexity index is 446. The van der Waals surface area contributed by atoms with Crippen LogP contribution in [0.25, 0.3) is 0 Å². The maximum absolute atomic E-state index is 12.4. The Kier molecular flexibility index (Phi) is 5.52. The minimum Gasteiger partial charge on any atom is -0.387 e. The molecule has 0 aromatic heterocycles. The van der Waals surface area contributed by atoms with Crippen LogP contribution in [0.15, 0.2) is 24.3 Å². The third kappa shape index (κ3) is 4.50. The van der Waals surface area contributed by atoms with Crippen molar-refractivity contribution in [3.05, 3.63) is 35.4 Å². The van der Waals surface area contributed by atoms with Crippen LogP contribution in [0.3, 0.4) is 0 Å². The molecule has 0 spiro atoms. The van der Waals surface area contributed by atoms with Crippen molar-refractivity contribution >= 4 is 5.91 Å². The van der Waals surface area contributed by atoms with Crippen molar-refractivity contribution in [3.8, 4) is 0 Å². The summed E-state index contributed by atoms with van der Waals surface area (Å²) >= 11 is 0. The van der Waals surface area contributed by atoms with Crippen LogP contribution < -0.4 is 10.6 Å². The van der Waals surface area contributed by atoms with E-state index in [0.717, 1.165) is 12.1 Å². The second kappa shape index (κ2) is 6.71. The molecule has 1 amide bonds. The number of carbonyl (C=O) groups is 1. The van der Waals surface area contributed by atoms with Gasteiger partial charge in [0.25, 0.3) is 0 Å². The Morgan fingerprint density at radius 1 is 1.30 bits per heavy atom. The van der Waals surface area contributed by atoms with Crippen LogP contribution in [0, 0.1) is 0 Å². The average Bonchev–Trinajstić information content (AvgIpc) is 2.42. The molecule has 0 heterocycles. The van der Waals surface area contributed by atoms with Crippen LogP contribution in [0.4, 0.5) is 13.2 Å². The SMILES string of the molecule is CNC(=O)C(C)NCC(O)c1ccc(C(F)(F)F)cc1. The third-order valence-electron chi connectivity index (χ3n) is 2.88. The van der Waals surface area contributed by atoms with Crippen molar-refractivity contribution in [2.24, 2.45) is 0 Å². The van der Waals surface area contributed by atoms with Gasteiger partial charge >= 0.3 is 6.18 Å². The molecule has 0 fully saturated rings. The van der Waals surface area contributed by atoms with Crippen LogP contribution >= 0.6 is 0 Å². The number of hydrogen-bond donors (Lipinski definition) is 3. The normalized spacial score (nSPS) is 14.7. The number of nitrogens with one attached hydrogen (secondary N) is 2. The van der Waals surface area contributed by atoms with E-state index in [9.17, 15) is 23.1 Å². The number of rotatable bonds is 5. The second-order valence-corrected chi connectivity index (χ2v) is 4.38. The number of likely N-dealkylation sites (N-methyl/N-ethyl adjacent to an activating group) is 1. The highest BCUT2D eigenvalue weighted by molar-refractivity contribution is 5.80. The standard InChI is InChI=1S/C13H17F3N2O2/c1-8(12(20)17-2)18-7-11(19)9-3-5-10(6-4-9)13(14,15)16/h3-6,8,11,18-19H,7H2,1-2H3,(H,17,20). The van der Waals surface area contributed by atoms with Crippen molar-refractivity contribution in [2.75, 3.05) is 13.6 Å². The smallest absolute Gasteiger partial charge is 0.387 e. The third-order valence-corrected chi connectivity index (χ3v) is 2.88. The summed E-state index contributed by atoms with van der Waals surface area (Å²) in [5, 5.41) is 15.1. The zero-order valence-electron chi connectivity index (χ0n) is 11.2. The maximum atomic E-state index is 12.4. The van der Waals surface area contributed by atoms with Crippen molar-refractivity contribution in [3.63, 3.8) is 0 Å². The average molecular weight is 290 g/mol. The predicted molar refractivity (Wildman–Crippen MR) is 67.9 cm³/mol. The van der Waals surface area contributed by atoms with E-state index >= 15 is 0 Å². The number of benzene rings is 1. The summed E-state index contributed by atoms with van der Waals surface area (Å²) in [6.45, 7) is 1.69. The van der Waals surface area contributed by atoms with Gasteiger partial charge in [0.1, 0.15) is 0 Å². The van der Waals surface area contributed by atoms with Crippen molar-refractivity contribution < 1.29 is 23.1 Å². The van der Waals surface area contributed by atoms with E-state index in [1.165, 1.54) is 19.2 Å². The lowest BCUT2D eigenvalue weighted by Gasteiger charge is -2.17. The molecule has 4 nitrogen and oxygen atoms in total. The molecule has 0 radical (unpaired) electrons. The fourth-order valence-corrected chi connectivity index (χ4v) is 1.61. The first-order valence-corrected chi connectivity index (χ1v) is 6.06. The summed E-state index contributed by atoms with van der Waals surface area (Å²) in [5.41, 5.74) is -0.408. The fraction of sp³-hybridized carbons (Fsp3) is 0.462. The quantitative estimate of drug-likeness (QED) is 0.769. The molecule has 3 N–H and O–H groups in total. The van der Waals surface area contributed by atoms with Gasteiger partial charge < -0.3 is 15.7 Å². The summed E-state index contributed by atoms with van der Waals surface area (Å²) in [6.07, 6.45) is -5.38. The molecule has 0 saturated carbocycles. The van der Waals surface area contributed by atoms with Crippen LogP contribution in [-0.2, 0) is 11.0 Å². The van der Waals surface area contributed by atoms with Gasteiger partial charge in [-0.2, -0.15) is 13.2 Å². The first-order chi connectivity index (χ1) is 9.25. The molecule has 0 bridgehead atoms. The van der Waals surface area contributed by atoms with Crippen LogP contribution in [0.2, 0.25) is 0 Å². The lowest BCUT2D eigenvalue weighted by molar-refractivity contribution is -0.137. The molecule has 2 unspecified atom stereocenters. The molecule has 112 valence electrons. The van der Waals surface area contributed by atoms with Gasteiger partial charge in [-0.15, -0.1) is 0 Å². The first kappa shape index (κ1) is 16.5. The highest BCUT2D eigenvalue weighted by atomic mass is 19.4. The molecule has 0 aliphatic carbocycles. The van der Waals surface area contributed by atoms with Gasteiger partial charge in [0.05, 0.1) is 17.7 Å². The summed E-state index contributed by atoms with van der Waals surface area (Å²) in [7, 11) is 1.49. The molecule has 0 aliphatic rings. The maximum Gasteiger partial charge on any atom is 0.416 e. The van der Waals surface area contributed by atoms with E-state index < -0.39 is 23.9 Å². The van der Waals surface area contributed by atoms with Crippen LogP contribution in [-0.4, -0.2) is 30.6 Å². The number of alkyl halides is 3. The van der Waals surface area contributed by atoms with Gasteiger partial charge in [-0.25, -0.2) is 0 Å².